The second kappa shape index (κ2) is 6.91. The highest BCUT2D eigenvalue weighted by Crippen LogP contribution is 2.50. The summed E-state index contributed by atoms with van der Waals surface area (Å²) in [4.78, 5) is 4.84. The van der Waals surface area contributed by atoms with Crippen LogP contribution in [0.4, 0.5) is 0 Å². The highest BCUT2D eigenvalue weighted by molar-refractivity contribution is 6.20. The maximum absolute atomic E-state index is 4.84. The van der Waals surface area contributed by atoms with Crippen LogP contribution < -0.4 is 0 Å². The van der Waals surface area contributed by atoms with Gasteiger partial charge in [0.25, 0.3) is 0 Å². The maximum atomic E-state index is 4.84. The van der Waals surface area contributed by atoms with Crippen LogP contribution in [-0.2, 0) is 0 Å². The number of imidazole rings is 1. The summed E-state index contributed by atoms with van der Waals surface area (Å²) in [6, 6.07) is 39.5. The fraction of sp³-hybridized carbons (Fsp3) is 0. The molecule has 0 fully saturated rings. The van der Waals surface area contributed by atoms with E-state index in [-0.39, 0.29) is 0 Å². The van der Waals surface area contributed by atoms with E-state index in [0.29, 0.717) is 0 Å². The van der Waals surface area contributed by atoms with Crippen LogP contribution in [0.5, 0.6) is 0 Å². The molecule has 2 heteroatoms. The first-order valence-corrected chi connectivity index (χ1v) is 12.0. The zero-order valence-corrected chi connectivity index (χ0v) is 18.9. The minimum absolute atomic E-state index is 0.961. The van der Waals surface area contributed by atoms with E-state index < -0.39 is 0 Å². The molecule has 1 aliphatic carbocycles. The Morgan fingerprint density at radius 1 is 0.514 bits per heavy atom. The number of pyridine rings is 1. The molecule has 2 nitrogen and oxygen atoms in total. The molecule has 0 unspecified atom stereocenters. The number of hydrogen-bond donors (Lipinski definition) is 0. The highest BCUT2D eigenvalue weighted by atomic mass is 15.0. The van der Waals surface area contributed by atoms with E-state index in [2.05, 4.69) is 102 Å². The van der Waals surface area contributed by atoms with Crippen molar-refractivity contribution in [3.8, 4) is 44.6 Å². The molecular formula is C33H20N2. The zero-order valence-electron chi connectivity index (χ0n) is 18.9. The summed E-state index contributed by atoms with van der Waals surface area (Å²) in [5.74, 6) is 0. The van der Waals surface area contributed by atoms with Crippen molar-refractivity contribution in [2.75, 3.05) is 0 Å². The van der Waals surface area contributed by atoms with Crippen LogP contribution in [0.3, 0.4) is 0 Å². The molecule has 0 radical (unpaired) electrons. The summed E-state index contributed by atoms with van der Waals surface area (Å²) in [7, 11) is 0. The van der Waals surface area contributed by atoms with Gasteiger partial charge in [-0.2, -0.15) is 0 Å². The predicted octanol–water partition coefficient (Wildman–Crippen LogP) is 8.62. The smallest absolute Gasteiger partial charge is 0.137 e. The van der Waals surface area contributed by atoms with Crippen molar-refractivity contribution >= 4 is 27.2 Å². The molecule has 0 amide bonds. The summed E-state index contributed by atoms with van der Waals surface area (Å²) < 4.78 is 2.07. The highest BCUT2D eigenvalue weighted by Gasteiger charge is 2.23. The number of aromatic nitrogens is 2. The molecule has 35 heavy (non-hydrogen) atoms. The molecule has 0 atom stereocenters. The monoisotopic (exact) mass is 444 g/mol. The Kier molecular flexibility index (Phi) is 3.69. The second-order valence-electron chi connectivity index (χ2n) is 9.31. The van der Waals surface area contributed by atoms with Gasteiger partial charge < -0.3 is 4.40 Å². The van der Waals surface area contributed by atoms with Gasteiger partial charge in [-0.3, -0.25) is 0 Å². The molecule has 0 N–H and O–H groups in total. The van der Waals surface area contributed by atoms with Gasteiger partial charge in [0, 0.05) is 18.0 Å². The van der Waals surface area contributed by atoms with E-state index in [0.717, 1.165) is 16.9 Å². The molecular weight excluding hydrogens is 424 g/mol. The number of rotatable bonds is 2. The normalized spacial score (nSPS) is 12.0. The van der Waals surface area contributed by atoms with Crippen molar-refractivity contribution in [2.45, 2.75) is 0 Å². The zero-order chi connectivity index (χ0) is 22.9. The third kappa shape index (κ3) is 2.68. The summed E-state index contributed by atoms with van der Waals surface area (Å²) in [5.41, 5.74) is 10.9. The van der Waals surface area contributed by atoms with Gasteiger partial charge in [0.05, 0.1) is 5.69 Å². The van der Waals surface area contributed by atoms with E-state index >= 15 is 0 Å². The Bertz CT molecular complexity index is 1880. The SMILES string of the molecule is c1cc(-c2cn3ccccc3n2)cc(-c2ccc3c4c(cccc24)-c2cc4ccccc4cc2-3)c1. The molecule has 0 aliphatic heterocycles. The lowest BCUT2D eigenvalue weighted by Gasteiger charge is -2.10. The number of benzene rings is 5. The standard InChI is InChI=1S/C33H20N2/c1-2-8-22-19-30-28-15-14-25(26-11-6-12-27(33(26)28)29(30)18-21(22)7-1)23-9-5-10-24(17-23)31-20-35-16-4-3-13-32(35)34-31/h1-20H. The van der Waals surface area contributed by atoms with Crippen molar-refractivity contribution in [2.24, 2.45) is 0 Å². The molecule has 7 aromatic rings. The number of fused-ring (bicyclic) bond motifs is 5. The van der Waals surface area contributed by atoms with E-state index in [9.17, 15) is 0 Å². The third-order valence-electron chi connectivity index (χ3n) is 7.34. The van der Waals surface area contributed by atoms with Crippen LogP contribution in [0.15, 0.2) is 122 Å². The molecule has 0 saturated carbocycles. The lowest BCUT2D eigenvalue weighted by atomic mass is 9.93. The molecule has 2 aromatic heterocycles. The van der Waals surface area contributed by atoms with Gasteiger partial charge in [0.2, 0.25) is 0 Å². The summed E-state index contributed by atoms with van der Waals surface area (Å²) in [5, 5.41) is 5.23. The van der Waals surface area contributed by atoms with Crippen molar-refractivity contribution in [3.63, 3.8) is 0 Å². The quantitative estimate of drug-likeness (QED) is 0.261. The summed E-state index contributed by atoms with van der Waals surface area (Å²) in [6.07, 6.45) is 4.14. The van der Waals surface area contributed by atoms with Crippen LogP contribution in [0.2, 0.25) is 0 Å². The minimum Gasteiger partial charge on any atom is -0.306 e. The van der Waals surface area contributed by atoms with E-state index in [1.807, 2.05) is 24.4 Å². The van der Waals surface area contributed by atoms with E-state index in [1.54, 1.807) is 0 Å². The van der Waals surface area contributed by atoms with E-state index in [4.69, 9.17) is 4.98 Å². The fourth-order valence-corrected chi connectivity index (χ4v) is 5.71. The van der Waals surface area contributed by atoms with E-state index in [1.165, 1.54) is 54.9 Å². The Morgan fingerprint density at radius 2 is 1.23 bits per heavy atom. The lowest BCUT2D eigenvalue weighted by Crippen LogP contribution is -1.85. The fourth-order valence-electron chi connectivity index (χ4n) is 5.71. The van der Waals surface area contributed by atoms with Gasteiger partial charge in [0.1, 0.15) is 5.65 Å². The Hall–Kier alpha value is -4.69. The first-order valence-electron chi connectivity index (χ1n) is 12.0. The predicted molar refractivity (Wildman–Crippen MR) is 146 cm³/mol. The topological polar surface area (TPSA) is 17.3 Å². The molecule has 8 rings (SSSR count). The molecule has 1 aliphatic rings. The number of hydrogen-bond acceptors (Lipinski definition) is 1. The van der Waals surface area contributed by atoms with Crippen LogP contribution in [0.1, 0.15) is 0 Å². The molecule has 162 valence electrons. The van der Waals surface area contributed by atoms with Crippen LogP contribution in [-0.4, -0.2) is 9.38 Å². The van der Waals surface area contributed by atoms with Gasteiger partial charge in [-0.15, -0.1) is 0 Å². The summed E-state index contributed by atoms with van der Waals surface area (Å²) >= 11 is 0. The molecule has 2 heterocycles. The van der Waals surface area contributed by atoms with Crippen LogP contribution in [0.25, 0.3) is 71.8 Å². The Labute approximate surface area is 202 Å². The first kappa shape index (κ1) is 18.7. The largest absolute Gasteiger partial charge is 0.306 e. The van der Waals surface area contributed by atoms with Crippen molar-refractivity contribution in [1.82, 2.24) is 9.38 Å². The third-order valence-corrected chi connectivity index (χ3v) is 7.34. The molecule has 0 saturated heterocycles. The Morgan fingerprint density at radius 3 is 2.06 bits per heavy atom. The van der Waals surface area contributed by atoms with Gasteiger partial charge >= 0.3 is 0 Å². The molecule has 0 spiro atoms. The molecule has 5 aromatic carbocycles. The van der Waals surface area contributed by atoms with Crippen molar-refractivity contribution in [1.29, 1.82) is 0 Å². The molecule has 0 bridgehead atoms. The van der Waals surface area contributed by atoms with Crippen LogP contribution in [0, 0.1) is 0 Å². The van der Waals surface area contributed by atoms with Gasteiger partial charge in [-0.05, 0) is 85.3 Å². The minimum atomic E-state index is 0.961. The second-order valence-corrected chi connectivity index (χ2v) is 9.31. The Balaban J connectivity index is 1.33. The van der Waals surface area contributed by atoms with Crippen molar-refractivity contribution in [3.05, 3.63) is 122 Å². The van der Waals surface area contributed by atoms with Gasteiger partial charge in [-0.25, -0.2) is 4.98 Å². The first-order chi connectivity index (χ1) is 17.3. The van der Waals surface area contributed by atoms with Crippen molar-refractivity contribution < 1.29 is 0 Å². The van der Waals surface area contributed by atoms with Crippen LogP contribution >= 0.6 is 0 Å². The van der Waals surface area contributed by atoms with Gasteiger partial charge in [0.15, 0.2) is 0 Å². The average molecular weight is 445 g/mol. The average Bonchev–Trinajstić information content (AvgIpc) is 3.49. The number of nitrogens with zero attached hydrogens (tertiary/aromatic N) is 2. The van der Waals surface area contributed by atoms with Gasteiger partial charge in [-0.1, -0.05) is 78.9 Å². The maximum Gasteiger partial charge on any atom is 0.137 e. The lowest BCUT2D eigenvalue weighted by molar-refractivity contribution is 1.19. The summed E-state index contributed by atoms with van der Waals surface area (Å²) in [6.45, 7) is 0.